The molecule has 0 saturated heterocycles. The average molecular weight is 284 g/mol. The first kappa shape index (κ1) is 13.4. The van der Waals surface area contributed by atoms with Crippen LogP contribution in [0.25, 0.3) is 0 Å². The predicted octanol–water partition coefficient (Wildman–Crippen LogP) is 2.23. The van der Waals surface area contributed by atoms with Gasteiger partial charge in [0.05, 0.1) is 5.02 Å². The molecule has 1 amide bonds. The maximum atomic E-state index is 12.8. The van der Waals surface area contributed by atoms with Gasteiger partial charge in [0.2, 0.25) is 0 Å². The Bertz CT molecular complexity index is 600. The molecule has 1 heterocycles. The molecule has 1 aromatic carbocycles. The predicted molar refractivity (Wildman–Crippen MR) is 68.7 cm³/mol. The number of hydrogen-bond donors (Lipinski definition) is 1. The molecule has 0 bridgehead atoms. The van der Waals surface area contributed by atoms with Gasteiger partial charge in [-0.2, -0.15) is 5.10 Å². The maximum absolute atomic E-state index is 12.8. The number of carbonyl (C=O) groups is 1. The molecule has 1 N–H and O–H groups in total. The number of amides is 1. The highest BCUT2D eigenvalue weighted by Crippen LogP contribution is 2.24. The van der Waals surface area contributed by atoms with E-state index in [1.54, 1.807) is 24.0 Å². The molecular formula is C12H11ClFN3O2. The van der Waals surface area contributed by atoms with Crippen molar-refractivity contribution in [3.05, 3.63) is 41.3 Å². The molecule has 2 rings (SSSR count). The van der Waals surface area contributed by atoms with Gasteiger partial charge in [0.15, 0.2) is 12.4 Å². The van der Waals surface area contributed by atoms with Gasteiger partial charge in [-0.05, 0) is 18.2 Å². The van der Waals surface area contributed by atoms with Crippen LogP contribution in [0.2, 0.25) is 5.02 Å². The summed E-state index contributed by atoms with van der Waals surface area (Å²) in [6, 6.07) is 5.35. The lowest BCUT2D eigenvalue weighted by Crippen LogP contribution is -2.20. The first-order valence-corrected chi connectivity index (χ1v) is 5.80. The minimum Gasteiger partial charge on any atom is -0.482 e. The van der Waals surface area contributed by atoms with Crippen LogP contribution in [0.1, 0.15) is 0 Å². The zero-order chi connectivity index (χ0) is 13.8. The lowest BCUT2D eigenvalue weighted by Gasteiger charge is -2.07. The molecule has 0 spiro atoms. The standard InChI is InChI=1S/C12H11ClFN3O2/c1-17-5-4-11(16-17)15-12(18)7-19-10-3-2-8(14)6-9(10)13/h2-6H,7H2,1H3,(H,15,16,18). The van der Waals surface area contributed by atoms with E-state index in [9.17, 15) is 9.18 Å². The number of aryl methyl sites for hydroxylation is 1. The molecule has 5 nitrogen and oxygen atoms in total. The highest BCUT2D eigenvalue weighted by Gasteiger charge is 2.08. The van der Waals surface area contributed by atoms with Gasteiger partial charge < -0.3 is 10.1 Å². The van der Waals surface area contributed by atoms with Crippen molar-refractivity contribution in [2.75, 3.05) is 11.9 Å². The number of carbonyl (C=O) groups excluding carboxylic acids is 1. The van der Waals surface area contributed by atoms with E-state index in [0.717, 1.165) is 6.07 Å². The van der Waals surface area contributed by atoms with Crippen molar-refractivity contribution in [3.8, 4) is 5.75 Å². The number of rotatable bonds is 4. The number of nitrogens with one attached hydrogen (secondary N) is 1. The van der Waals surface area contributed by atoms with Gasteiger partial charge in [-0.15, -0.1) is 0 Å². The molecule has 0 atom stereocenters. The number of hydrogen-bond acceptors (Lipinski definition) is 3. The van der Waals surface area contributed by atoms with Gasteiger partial charge in [0.25, 0.3) is 5.91 Å². The third-order valence-electron chi connectivity index (χ3n) is 2.23. The molecule has 0 fully saturated rings. The smallest absolute Gasteiger partial charge is 0.263 e. The Balaban J connectivity index is 1.89. The van der Waals surface area contributed by atoms with E-state index in [1.807, 2.05) is 0 Å². The van der Waals surface area contributed by atoms with E-state index in [0.29, 0.717) is 5.82 Å². The molecule has 2 aromatic rings. The summed E-state index contributed by atoms with van der Waals surface area (Å²) < 4.78 is 19.6. The Morgan fingerprint density at radius 3 is 2.95 bits per heavy atom. The van der Waals surface area contributed by atoms with E-state index in [1.165, 1.54) is 12.1 Å². The molecule has 19 heavy (non-hydrogen) atoms. The van der Waals surface area contributed by atoms with Crippen molar-refractivity contribution < 1.29 is 13.9 Å². The van der Waals surface area contributed by atoms with Gasteiger partial charge in [-0.25, -0.2) is 4.39 Å². The molecular weight excluding hydrogens is 273 g/mol. The Morgan fingerprint density at radius 1 is 1.53 bits per heavy atom. The lowest BCUT2D eigenvalue weighted by atomic mass is 10.3. The zero-order valence-electron chi connectivity index (χ0n) is 10.1. The summed E-state index contributed by atoms with van der Waals surface area (Å²) in [4.78, 5) is 11.6. The average Bonchev–Trinajstić information content (AvgIpc) is 2.73. The lowest BCUT2D eigenvalue weighted by molar-refractivity contribution is -0.118. The quantitative estimate of drug-likeness (QED) is 0.936. The second kappa shape index (κ2) is 5.71. The van der Waals surface area contributed by atoms with Gasteiger partial charge >= 0.3 is 0 Å². The van der Waals surface area contributed by atoms with Crippen molar-refractivity contribution in [2.45, 2.75) is 0 Å². The fraction of sp³-hybridized carbons (Fsp3) is 0.167. The van der Waals surface area contributed by atoms with Crippen LogP contribution in [-0.2, 0) is 11.8 Å². The highest BCUT2D eigenvalue weighted by molar-refractivity contribution is 6.32. The second-order valence-electron chi connectivity index (χ2n) is 3.79. The summed E-state index contributed by atoms with van der Waals surface area (Å²) >= 11 is 5.76. The summed E-state index contributed by atoms with van der Waals surface area (Å²) in [5, 5.41) is 6.66. The van der Waals surface area contributed by atoms with E-state index < -0.39 is 5.82 Å². The van der Waals surface area contributed by atoms with E-state index in [2.05, 4.69) is 10.4 Å². The SMILES string of the molecule is Cn1ccc(NC(=O)COc2ccc(F)cc2Cl)n1. The minimum atomic E-state index is -0.463. The van der Waals surface area contributed by atoms with Crippen LogP contribution < -0.4 is 10.1 Å². The Hall–Kier alpha value is -2.08. The first-order valence-electron chi connectivity index (χ1n) is 5.42. The van der Waals surface area contributed by atoms with Crippen molar-refractivity contribution in [1.29, 1.82) is 0 Å². The summed E-state index contributed by atoms with van der Waals surface area (Å²) in [7, 11) is 1.74. The molecule has 0 unspecified atom stereocenters. The maximum Gasteiger partial charge on any atom is 0.263 e. The zero-order valence-corrected chi connectivity index (χ0v) is 10.8. The van der Waals surface area contributed by atoms with Crippen molar-refractivity contribution >= 4 is 23.3 Å². The van der Waals surface area contributed by atoms with E-state index in [-0.39, 0.29) is 23.3 Å². The van der Waals surface area contributed by atoms with Gasteiger partial charge in [0.1, 0.15) is 11.6 Å². The number of halogens is 2. The monoisotopic (exact) mass is 283 g/mol. The molecule has 100 valence electrons. The van der Waals surface area contributed by atoms with Crippen LogP contribution in [0.4, 0.5) is 10.2 Å². The fourth-order valence-electron chi connectivity index (χ4n) is 1.40. The molecule has 0 aliphatic heterocycles. The minimum absolute atomic E-state index is 0.116. The number of nitrogens with zero attached hydrogens (tertiary/aromatic N) is 2. The van der Waals surface area contributed by atoms with Crippen LogP contribution >= 0.6 is 11.6 Å². The van der Waals surface area contributed by atoms with Crippen LogP contribution in [0, 0.1) is 5.82 Å². The van der Waals surface area contributed by atoms with Gasteiger partial charge in [-0.3, -0.25) is 9.48 Å². The normalized spacial score (nSPS) is 10.3. The Labute approximate surface area is 113 Å². The fourth-order valence-corrected chi connectivity index (χ4v) is 1.62. The highest BCUT2D eigenvalue weighted by atomic mass is 35.5. The van der Waals surface area contributed by atoms with Crippen LogP contribution in [0.15, 0.2) is 30.5 Å². The topological polar surface area (TPSA) is 56.2 Å². The van der Waals surface area contributed by atoms with E-state index in [4.69, 9.17) is 16.3 Å². The van der Waals surface area contributed by atoms with Crippen molar-refractivity contribution in [2.24, 2.45) is 7.05 Å². The second-order valence-corrected chi connectivity index (χ2v) is 4.19. The summed E-state index contributed by atoms with van der Waals surface area (Å²) in [5.41, 5.74) is 0. The number of ether oxygens (including phenoxy) is 1. The third-order valence-corrected chi connectivity index (χ3v) is 2.53. The summed E-state index contributed by atoms with van der Waals surface area (Å²) in [5.74, 6) is -0.157. The first-order chi connectivity index (χ1) is 9.04. The van der Waals surface area contributed by atoms with Crippen LogP contribution in [0.5, 0.6) is 5.75 Å². The number of anilines is 1. The molecule has 0 aliphatic rings. The Morgan fingerprint density at radius 2 is 2.32 bits per heavy atom. The Kier molecular flexibility index (Phi) is 4.01. The summed E-state index contributed by atoms with van der Waals surface area (Å²) in [6.45, 7) is -0.234. The van der Waals surface area contributed by atoms with Crippen molar-refractivity contribution in [1.82, 2.24) is 9.78 Å². The molecule has 0 aliphatic carbocycles. The van der Waals surface area contributed by atoms with Gasteiger partial charge in [0, 0.05) is 19.3 Å². The molecule has 0 saturated carbocycles. The number of aromatic nitrogens is 2. The summed E-state index contributed by atoms with van der Waals surface area (Å²) in [6.07, 6.45) is 1.70. The van der Waals surface area contributed by atoms with Crippen molar-refractivity contribution in [3.63, 3.8) is 0 Å². The van der Waals surface area contributed by atoms with Gasteiger partial charge in [-0.1, -0.05) is 11.6 Å². The van der Waals surface area contributed by atoms with Crippen LogP contribution in [0.3, 0.4) is 0 Å². The third kappa shape index (κ3) is 3.69. The molecule has 1 aromatic heterocycles. The molecule has 7 heteroatoms. The molecule has 0 radical (unpaired) electrons. The van der Waals surface area contributed by atoms with E-state index >= 15 is 0 Å². The number of benzene rings is 1. The largest absolute Gasteiger partial charge is 0.482 e. The van der Waals surface area contributed by atoms with Crippen LogP contribution in [-0.4, -0.2) is 22.3 Å².